The van der Waals surface area contributed by atoms with Crippen LogP contribution in [0.1, 0.15) is 25.0 Å². The lowest BCUT2D eigenvalue weighted by atomic mass is 9.97. The van der Waals surface area contributed by atoms with Crippen LogP contribution in [-0.4, -0.2) is 23.5 Å². The highest BCUT2D eigenvalue weighted by Crippen LogP contribution is 2.37. The Morgan fingerprint density at radius 2 is 1.80 bits per heavy atom. The van der Waals surface area contributed by atoms with E-state index >= 15 is 0 Å². The van der Waals surface area contributed by atoms with E-state index in [9.17, 15) is 15.3 Å². The molecule has 0 spiro atoms. The third kappa shape index (κ3) is 4.09. The number of nitriles is 2. The SMILES string of the molecule is CCOC(=O)Sc1nc(OCC)c(C#N)c(-c2ccccc2)c1C#N. The second-order valence-electron chi connectivity index (χ2n) is 4.65. The number of hydrogen-bond acceptors (Lipinski definition) is 7. The molecule has 2 rings (SSSR count). The van der Waals surface area contributed by atoms with Crippen LogP contribution in [0.3, 0.4) is 0 Å². The van der Waals surface area contributed by atoms with Crippen molar-refractivity contribution in [1.82, 2.24) is 4.98 Å². The molecule has 0 bridgehead atoms. The number of hydrogen-bond donors (Lipinski definition) is 0. The van der Waals surface area contributed by atoms with E-state index in [0.29, 0.717) is 29.5 Å². The molecule has 0 N–H and O–H groups in total. The number of thioether (sulfide) groups is 1. The fourth-order valence-corrected chi connectivity index (χ4v) is 2.90. The average molecular weight is 353 g/mol. The standard InChI is InChI=1S/C18H15N3O3S/c1-3-23-16-13(10-19)15(12-8-6-5-7-9-12)14(11-20)17(21-16)25-18(22)24-4-2/h5-9H,3-4H2,1-2H3. The Balaban J connectivity index is 2.74. The largest absolute Gasteiger partial charge is 0.477 e. The predicted octanol–water partition coefficient (Wildman–Crippen LogP) is 4.14. The van der Waals surface area contributed by atoms with Gasteiger partial charge in [-0.3, -0.25) is 0 Å². The number of rotatable bonds is 5. The molecule has 1 heterocycles. The molecule has 25 heavy (non-hydrogen) atoms. The van der Waals surface area contributed by atoms with Crippen molar-refractivity contribution in [3.63, 3.8) is 0 Å². The fraction of sp³-hybridized carbons (Fsp3) is 0.222. The second-order valence-corrected chi connectivity index (χ2v) is 5.58. The van der Waals surface area contributed by atoms with Crippen LogP contribution in [0.15, 0.2) is 35.4 Å². The lowest BCUT2D eigenvalue weighted by Crippen LogP contribution is -2.05. The number of ether oxygens (including phenoxy) is 2. The summed E-state index contributed by atoms with van der Waals surface area (Å²) < 4.78 is 10.4. The normalized spacial score (nSPS) is 9.76. The number of carbonyl (C=O) groups is 1. The van der Waals surface area contributed by atoms with E-state index in [4.69, 9.17) is 9.47 Å². The zero-order valence-electron chi connectivity index (χ0n) is 13.8. The van der Waals surface area contributed by atoms with Crippen LogP contribution in [0, 0.1) is 22.7 Å². The van der Waals surface area contributed by atoms with Gasteiger partial charge in [0.2, 0.25) is 5.88 Å². The lowest BCUT2D eigenvalue weighted by Gasteiger charge is -2.14. The molecule has 0 fully saturated rings. The summed E-state index contributed by atoms with van der Waals surface area (Å²) in [6.07, 6.45) is 0. The van der Waals surface area contributed by atoms with Crippen molar-refractivity contribution in [3.8, 4) is 29.1 Å². The maximum Gasteiger partial charge on any atom is 0.373 e. The summed E-state index contributed by atoms with van der Waals surface area (Å²) in [5.41, 5.74) is 1.38. The zero-order valence-corrected chi connectivity index (χ0v) is 14.6. The van der Waals surface area contributed by atoms with Crippen LogP contribution in [0.25, 0.3) is 11.1 Å². The number of carbonyl (C=O) groups excluding carboxylic acids is 1. The van der Waals surface area contributed by atoms with Gasteiger partial charge >= 0.3 is 5.30 Å². The first-order valence-electron chi connectivity index (χ1n) is 7.57. The van der Waals surface area contributed by atoms with E-state index in [1.807, 2.05) is 6.07 Å². The molecule has 126 valence electrons. The molecular weight excluding hydrogens is 338 g/mol. The Bertz CT molecular complexity index is 855. The van der Waals surface area contributed by atoms with Crippen LogP contribution in [0.4, 0.5) is 4.79 Å². The van der Waals surface area contributed by atoms with Crippen LogP contribution in [-0.2, 0) is 4.74 Å². The molecule has 0 saturated carbocycles. The van der Waals surface area contributed by atoms with Crippen molar-refractivity contribution < 1.29 is 14.3 Å². The molecule has 6 nitrogen and oxygen atoms in total. The first kappa shape index (κ1) is 18.3. The predicted molar refractivity (Wildman–Crippen MR) is 93.2 cm³/mol. The Labute approximate surface area is 150 Å². The Kier molecular flexibility index (Phi) is 6.39. The number of aromatic nitrogens is 1. The summed E-state index contributed by atoms with van der Waals surface area (Å²) in [7, 11) is 0. The van der Waals surface area contributed by atoms with E-state index in [2.05, 4.69) is 17.1 Å². The Hall–Kier alpha value is -3.03. The molecule has 0 aliphatic rings. The highest BCUT2D eigenvalue weighted by Gasteiger charge is 2.24. The van der Waals surface area contributed by atoms with E-state index < -0.39 is 5.30 Å². The van der Waals surface area contributed by atoms with Gasteiger partial charge in [-0.15, -0.1) is 0 Å². The molecule has 0 amide bonds. The first-order chi connectivity index (χ1) is 12.2. The molecule has 7 heteroatoms. The van der Waals surface area contributed by atoms with Gasteiger partial charge in [0.15, 0.2) is 0 Å². The van der Waals surface area contributed by atoms with Gasteiger partial charge in [-0.25, -0.2) is 9.78 Å². The Morgan fingerprint density at radius 1 is 1.12 bits per heavy atom. The summed E-state index contributed by atoms with van der Waals surface area (Å²) in [6.45, 7) is 3.97. The van der Waals surface area contributed by atoms with E-state index in [-0.39, 0.29) is 28.6 Å². The third-order valence-corrected chi connectivity index (χ3v) is 3.91. The molecule has 0 aliphatic carbocycles. The Morgan fingerprint density at radius 3 is 2.36 bits per heavy atom. The number of benzene rings is 1. The molecule has 0 unspecified atom stereocenters. The van der Waals surface area contributed by atoms with E-state index in [0.717, 1.165) is 0 Å². The van der Waals surface area contributed by atoms with Gasteiger partial charge in [0.25, 0.3) is 0 Å². The first-order valence-corrected chi connectivity index (χ1v) is 8.38. The van der Waals surface area contributed by atoms with Crippen molar-refractivity contribution in [2.75, 3.05) is 13.2 Å². The average Bonchev–Trinajstić information content (AvgIpc) is 2.62. The summed E-state index contributed by atoms with van der Waals surface area (Å²) in [5, 5.41) is 18.8. The topological polar surface area (TPSA) is 96.0 Å². The second kappa shape index (κ2) is 8.72. The monoisotopic (exact) mass is 353 g/mol. The van der Waals surface area contributed by atoms with E-state index in [1.165, 1.54) is 0 Å². The van der Waals surface area contributed by atoms with Gasteiger partial charge in [0.05, 0.1) is 18.8 Å². The highest BCUT2D eigenvalue weighted by molar-refractivity contribution is 8.13. The quantitative estimate of drug-likeness (QED) is 0.588. The summed E-state index contributed by atoms with van der Waals surface area (Å²) in [5.74, 6) is 0.0923. The lowest BCUT2D eigenvalue weighted by molar-refractivity contribution is 0.181. The maximum absolute atomic E-state index is 11.8. The molecule has 2 aromatic rings. The minimum absolute atomic E-state index is 0.0923. The molecule has 0 aliphatic heterocycles. The molecule has 0 saturated heterocycles. The van der Waals surface area contributed by atoms with Crippen molar-refractivity contribution in [1.29, 1.82) is 10.5 Å². The molecule has 0 radical (unpaired) electrons. The van der Waals surface area contributed by atoms with Crippen molar-refractivity contribution in [2.24, 2.45) is 0 Å². The molecule has 0 atom stereocenters. The van der Waals surface area contributed by atoms with Gasteiger partial charge in [-0.1, -0.05) is 30.3 Å². The number of nitrogens with zero attached hydrogens (tertiary/aromatic N) is 3. The minimum Gasteiger partial charge on any atom is -0.477 e. The van der Waals surface area contributed by atoms with Gasteiger partial charge in [-0.2, -0.15) is 10.5 Å². The number of pyridine rings is 1. The highest BCUT2D eigenvalue weighted by atomic mass is 32.2. The van der Waals surface area contributed by atoms with Gasteiger partial charge < -0.3 is 9.47 Å². The molecule has 1 aromatic heterocycles. The third-order valence-electron chi connectivity index (χ3n) is 3.14. The smallest absolute Gasteiger partial charge is 0.373 e. The van der Waals surface area contributed by atoms with Crippen LogP contribution < -0.4 is 4.74 Å². The van der Waals surface area contributed by atoms with Crippen LogP contribution in [0.5, 0.6) is 5.88 Å². The summed E-state index contributed by atoms with van der Waals surface area (Å²) >= 11 is 0.703. The zero-order chi connectivity index (χ0) is 18.2. The van der Waals surface area contributed by atoms with Crippen molar-refractivity contribution >= 4 is 17.1 Å². The molecule has 1 aromatic carbocycles. The van der Waals surface area contributed by atoms with Gasteiger partial charge in [0.1, 0.15) is 22.7 Å². The maximum atomic E-state index is 11.8. The van der Waals surface area contributed by atoms with Gasteiger partial charge in [0, 0.05) is 17.3 Å². The van der Waals surface area contributed by atoms with Crippen molar-refractivity contribution in [3.05, 3.63) is 41.5 Å². The van der Waals surface area contributed by atoms with Crippen LogP contribution in [0.2, 0.25) is 0 Å². The summed E-state index contributed by atoms with van der Waals surface area (Å²) in [6, 6.07) is 13.1. The fourth-order valence-electron chi connectivity index (χ4n) is 2.19. The molecular formula is C18H15N3O3S. The van der Waals surface area contributed by atoms with Crippen molar-refractivity contribution in [2.45, 2.75) is 18.9 Å². The minimum atomic E-state index is -0.572. The van der Waals surface area contributed by atoms with Crippen LogP contribution >= 0.6 is 11.8 Å². The van der Waals surface area contributed by atoms with E-state index in [1.54, 1.807) is 38.1 Å². The van der Waals surface area contributed by atoms with Gasteiger partial charge in [-0.05, 0) is 19.4 Å². The summed E-state index contributed by atoms with van der Waals surface area (Å²) in [4.78, 5) is 16.0.